The summed E-state index contributed by atoms with van der Waals surface area (Å²) in [6.45, 7) is 1.86. The molecule has 2 N–H and O–H groups in total. The predicted octanol–water partition coefficient (Wildman–Crippen LogP) is 4.51. The van der Waals surface area contributed by atoms with Crippen molar-refractivity contribution in [2.45, 2.75) is 6.92 Å². The third kappa shape index (κ3) is 4.65. The Kier molecular flexibility index (Phi) is 6.28. The second-order valence-corrected chi connectivity index (χ2v) is 6.71. The highest BCUT2D eigenvalue weighted by Gasteiger charge is 2.13. The lowest BCUT2D eigenvalue weighted by molar-refractivity contribution is -0.112. The molecule has 0 aliphatic carbocycles. The van der Waals surface area contributed by atoms with Gasteiger partial charge in [-0.05, 0) is 71.0 Å². The molecule has 1 amide bonds. The maximum absolute atomic E-state index is 12.3. The first-order chi connectivity index (χ1) is 11.8. The highest BCUT2D eigenvalue weighted by molar-refractivity contribution is 14.1. The highest BCUT2D eigenvalue weighted by atomic mass is 127. The monoisotopic (exact) mass is 468 g/mol. The number of aromatic hydroxyl groups is 1. The van der Waals surface area contributed by atoms with Crippen molar-refractivity contribution in [2.24, 2.45) is 0 Å². The van der Waals surface area contributed by atoms with E-state index < -0.39 is 5.91 Å². The third-order valence-corrected chi connectivity index (χ3v) is 4.61. The number of aryl methyl sites for hydroxylation is 1. The number of phenolic OH excluding ortho intramolecular Hbond substituents is 1. The van der Waals surface area contributed by atoms with Gasteiger partial charge >= 0.3 is 0 Å². The molecule has 0 aliphatic heterocycles. The molecule has 0 unspecified atom stereocenters. The number of methoxy groups -OCH3 is 1. The Hall–Kier alpha value is -2.24. The lowest BCUT2D eigenvalue weighted by Gasteiger charge is -2.08. The summed E-state index contributed by atoms with van der Waals surface area (Å²) in [4.78, 5) is 12.3. The van der Waals surface area contributed by atoms with E-state index in [1.54, 1.807) is 30.3 Å². The van der Waals surface area contributed by atoms with Crippen molar-refractivity contribution in [3.05, 3.63) is 55.6 Å². The number of nitrogens with one attached hydrogen (secondary N) is 1. The number of hydrogen-bond donors (Lipinski definition) is 2. The lowest BCUT2D eigenvalue weighted by atomic mass is 10.1. The number of nitrogens with zero attached hydrogens (tertiary/aromatic N) is 1. The summed E-state index contributed by atoms with van der Waals surface area (Å²) in [5.41, 5.74) is 1.87. The Bertz CT molecular complexity index is 904. The Labute approximate surface area is 164 Å². The summed E-state index contributed by atoms with van der Waals surface area (Å²) in [5.74, 6) is -0.275. The lowest BCUT2D eigenvalue weighted by Crippen LogP contribution is -2.13. The van der Waals surface area contributed by atoms with Gasteiger partial charge in [0.15, 0.2) is 11.5 Å². The van der Waals surface area contributed by atoms with Gasteiger partial charge in [-0.25, -0.2) is 0 Å². The average molecular weight is 469 g/mol. The number of phenols is 1. The van der Waals surface area contributed by atoms with Crippen LogP contribution in [-0.2, 0) is 4.79 Å². The van der Waals surface area contributed by atoms with Crippen LogP contribution in [0.4, 0.5) is 5.69 Å². The Morgan fingerprint density at radius 3 is 2.72 bits per heavy atom. The van der Waals surface area contributed by atoms with E-state index >= 15 is 0 Å². The maximum atomic E-state index is 12.3. The Morgan fingerprint density at radius 1 is 1.40 bits per heavy atom. The summed E-state index contributed by atoms with van der Waals surface area (Å²) in [7, 11) is 1.43. The minimum absolute atomic E-state index is 0.0116. The second-order valence-electron chi connectivity index (χ2n) is 5.14. The smallest absolute Gasteiger partial charge is 0.266 e. The third-order valence-electron chi connectivity index (χ3n) is 3.38. The van der Waals surface area contributed by atoms with Crippen molar-refractivity contribution >= 4 is 51.9 Å². The van der Waals surface area contributed by atoms with E-state index in [0.717, 1.165) is 5.56 Å². The van der Waals surface area contributed by atoms with E-state index in [2.05, 4.69) is 5.32 Å². The number of anilines is 1. The molecule has 0 aromatic heterocycles. The number of hydrogen-bond acceptors (Lipinski definition) is 4. The minimum atomic E-state index is -0.551. The molecule has 2 rings (SSSR count). The first-order valence-electron chi connectivity index (χ1n) is 7.11. The van der Waals surface area contributed by atoms with E-state index in [1.807, 2.05) is 35.6 Å². The van der Waals surface area contributed by atoms with Crippen molar-refractivity contribution in [1.29, 1.82) is 5.26 Å². The number of carbonyl (C=O) groups excluding carboxylic acids is 1. The summed E-state index contributed by atoms with van der Waals surface area (Å²) in [5, 5.41) is 22.3. The van der Waals surface area contributed by atoms with Crippen LogP contribution in [0, 0.1) is 21.8 Å². The first-order valence-corrected chi connectivity index (χ1v) is 8.57. The topological polar surface area (TPSA) is 82.3 Å². The molecular formula is C18H14ClIN2O3. The average Bonchev–Trinajstić information content (AvgIpc) is 2.58. The van der Waals surface area contributed by atoms with Gasteiger partial charge in [-0.3, -0.25) is 4.79 Å². The fourth-order valence-electron chi connectivity index (χ4n) is 2.02. The van der Waals surface area contributed by atoms with Crippen molar-refractivity contribution in [2.75, 3.05) is 12.4 Å². The molecule has 0 saturated carbocycles. The van der Waals surface area contributed by atoms with Gasteiger partial charge in [0.05, 0.1) is 10.7 Å². The van der Waals surface area contributed by atoms with Crippen molar-refractivity contribution in [3.8, 4) is 17.6 Å². The van der Waals surface area contributed by atoms with Crippen LogP contribution in [0.2, 0.25) is 5.02 Å². The molecule has 5 nitrogen and oxygen atoms in total. The Balaban J connectivity index is 2.31. The molecule has 128 valence electrons. The van der Waals surface area contributed by atoms with E-state index in [9.17, 15) is 15.2 Å². The maximum Gasteiger partial charge on any atom is 0.266 e. The van der Waals surface area contributed by atoms with Crippen LogP contribution in [0.1, 0.15) is 11.1 Å². The molecule has 25 heavy (non-hydrogen) atoms. The van der Waals surface area contributed by atoms with Crippen LogP contribution >= 0.6 is 34.2 Å². The van der Waals surface area contributed by atoms with E-state index in [1.165, 1.54) is 13.2 Å². The van der Waals surface area contributed by atoms with E-state index in [-0.39, 0.29) is 17.1 Å². The van der Waals surface area contributed by atoms with Crippen LogP contribution in [0.3, 0.4) is 0 Å². The first kappa shape index (κ1) is 19.1. The molecular weight excluding hydrogens is 455 g/mol. The molecule has 2 aromatic rings. The van der Waals surface area contributed by atoms with Crippen molar-refractivity contribution < 1.29 is 14.6 Å². The summed E-state index contributed by atoms with van der Waals surface area (Å²) < 4.78 is 5.63. The van der Waals surface area contributed by atoms with Crippen LogP contribution in [0.15, 0.2) is 35.9 Å². The molecule has 0 aliphatic rings. The molecule has 0 radical (unpaired) electrons. The zero-order valence-corrected chi connectivity index (χ0v) is 16.3. The number of rotatable bonds is 4. The number of amides is 1. The van der Waals surface area contributed by atoms with Gasteiger partial charge in [-0.1, -0.05) is 17.7 Å². The van der Waals surface area contributed by atoms with Gasteiger partial charge in [0.2, 0.25) is 0 Å². The SMILES string of the molecule is COc1cc(/C=C(\C#N)C(=O)Nc2ccc(C)c(Cl)c2)cc(I)c1O. The predicted molar refractivity (Wildman–Crippen MR) is 106 cm³/mol. The number of carbonyl (C=O) groups is 1. The number of benzene rings is 2. The van der Waals surface area contributed by atoms with E-state index in [4.69, 9.17) is 16.3 Å². The quantitative estimate of drug-likeness (QED) is 0.393. The number of ether oxygens (including phenoxy) is 1. The van der Waals surface area contributed by atoms with E-state index in [0.29, 0.717) is 19.8 Å². The van der Waals surface area contributed by atoms with Gasteiger partial charge in [-0.15, -0.1) is 0 Å². The fourth-order valence-corrected chi connectivity index (χ4v) is 2.82. The zero-order chi connectivity index (χ0) is 18.6. The molecule has 2 aromatic carbocycles. The summed E-state index contributed by atoms with van der Waals surface area (Å²) in [6, 6.07) is 10.2. The molecule has 0 heterocycles. The van der Waals surface area contributed by atoms with Crippen LogP contribution in [-0.4, -0.2) is 18.1 Å². The molecule has 0 bridgehead atoms. The van der Waals surface area contributed by atoms with Gasteiger partial charge in [-0.2, -0.15) is 5.26 Å². The number of nitriles is 1. The molecule has 7 heteroatoms. The second kappa shape index (κ2) is 8.23. The van der Waals surface area contributed by atoms with Gasteiger partial charge in [0.25, 0.3) is 5.91 Å². The van der Waals surface area contributed by atoms with Crippen LogP contribution in [0.5, 0.6) is 11.5 Å². The molecule has 0 atom stereocenters. The standard InChI is InChI=1S/C18H14ClIN2O3/c1-10-3-4-13(8-14(10)19)22-18(24)12(9-21)5-11-6-15(20)17(23)16(7-11)25-2/h3-8,23H,1-2H3,(H,22,24)/b12-5+. The minimum Gasteiger partial charge on any atom is -0.504 e. The summed E-state index contributed by atoms with van der Waals surface area (Å²) >= 11 is 7.98. The van der Waals surface area contributed by atoms with Crippen molar-refractivity contribution in [1.82, 2.24) is 0 Å². The Morgan fingerprint density at radius 2 is 2.12 bits per heavy atom. The van der Waals surface area contributed by atoms with Crippen LogP contribution < -0.4 is 10.1 Å². The van der Waals surface area contributed by atoms with Gasteiger partial charge < -0.3 is 15.2 Å². The summed E-state index contributed by atoms with van der Waals surface area (Å²) in [6.07, 6.45) is 1.43. The molecule has 0 saturated heterocycles. The van der Waals surface area contributed by atoms with Crippen molar-refractivity contribution in [3.63, 3.8) is 0 Å². The largest absolute Gasteiger partial charge is 0.504 e. The zero-order valence-electron chi connectivity index (χ0n) is 13.4. The highest BCUT2D eigenvalue weighted by Crippen LogP contribution is 2.33. The normalized spacial score (nSPS) is 10.9. The molecule has 0 fully saturated rings. The van der Waals surface area contributed by atoms with Gasteiger partial charge in [0, 0.05) is 10.7 Å². The number of halogens is 2. The fraction of sp³-hybridized carbons (Fsp3) is 0.111. The molecule has 0 spiro atoms. The van der Waals surface area contributed by atoms with Gasteiger partial charge in [0.1, 0.15) is 11.6 Å². The van der Waals surface area contributed by atoms with Crippen LogP contribution in [0.25, 0.3) is 6.08 Å².